The standard InChI is InChI=1S/C11H9BrFNS/c12-7-3-4-9(13)8(6-7)11(14)10-2-1-5-15-10/h1-6,11H,14H2/t11-/m1/s1. The number of nitrogens with two attached hydrogens (primary N) is 1. The molecule has 1 atom stereocenters. The largest absolute Gasteiger partial charge is 0.320 e. The van der Waals surface area contributed by atoms with Gasteiger partial charge in [0.05, 0.1) is 6.04 Å². The van der Waals surface area contributed by atoms with Gasteiger partial charge in [0.2, 0.25) is 0 Å². The van der Waals surface area contributed by atoms with Crippen molar-refractivity contribution in [2.75, 3.05) is 0 Å². The number of hydrogen-bond acceptors (Lipinski definition) is 2. The van der Waals surface area contributed by atoms with Crippen LogP contribution in [0.1, 0.15) is 16.5 Å². The van der Waals surface area contributed by atoms with Gasteiger partial charge in [0.1, 0.15) is 5.82 Å². The Bertz CT molecular complexity index is 456. The average molecular weight is 286 g/mol. The topological polar surface area (TPSA) is 26.0 Å². The lowest BCUT2D eigenvalue weighted by Gasteiger charge is -2.11. The van der Waals surface area contributed by atoms with E-state index in [4.69, 9.17) is 5.73 Å². The minimum absolute atomic E-state index is 0.265. The molecule has 4 heteroatoms. The van der Waals surface area contributed by atoms with Gasteiger partial charge in [-0.2, -0.15) is 0 Å². The lowest BCUT2D eigenvalue weighted by Crippen LogP contribution is -2.12. The van der Waals surface area contributed by atoms with E-state index in [-0.39, 0.29) is 11.9 Å². The Kier molecular flexibility index (Phi) is 3.19. The summed E-state index contributed by atoms with van der Waals surface area (Å²) in [5.74, 6) is -0.265. The van der Waals surface area contributed by atoms with Crippen LogP contribution in [0.25, 0.3) is 0 Å². The molecule has 0 radical (unpaired) electrons. The smallest absolute Gasteiger partial charge is 0.128 e. The maximum atomic E-state index is 13.5. The molecule has 1 heterocycles. The molecule has 0 bridgehead atoms. The summed E-state index contributed by atoms with van der Waals surface area (Å²) in [5.41, 5.74) is 6.50. The van der Waals surface area contributed by atoms with E-state index >= 15 is 0 Å². The summed E-state index contributed by atoms with van der Waals surface area (Å²) in [6, 6.07) is 8.25. The lowest BCUT2D eigenvalue weighted by atomic mass is 10.1. The van der Waals surface area contributed by atoms with E-state index < -0.39 is 0 Å². The van der Waals surface area contributed by atoms with Crippen LogP contribution < -0.4 is 5.73 Å². The number of halogens is 2. The molecule has 1 aromatic heterocycles. The highest BCUT2D eigenvalue weighted by molar-refractivity contribution is 9.10. The van der Waals surface area contributed by atoms with E-state index in [9.17, 15) is 4.39 Å². The van der Waals surface area contributed by atoms with Crippen LogP contribution in [0.3, 0.4) is 0 Å². The van der Waals surface area contributed by atoms with Crippen LogP contribution in [0.15, 0.2) is 40.2 Å². The highest BCUT2D eigenvalue weighted by Gasteiger charge is 2.14. The van der Waals surface area contributed by atoms with Gasteiger partial charge in [0, 0.05) is 14.9 Å². The summed E-state index contributed by atoms with van der Waals surface area (Å²) in [6.45, 7) is 0. The molecule has 1 nitrogen and oxygen atoms in total. The van der Waals surface area contributed by atoms with E-state index in [1.807, 2.05) is 17.5 Å². The molecule has 2 aromatic rings. The maximum Gasteiger partial charge on any atom is 0.128 e. The number of rotatable bonds is 2. The molecule has 0 aliphatic rings. The number of hydrogen-bond donors (Lipinski definition) is 1. The molecule has 2 rings (SSSR count). The second kappa shape index (κ2) is 4.43. The van der Waals surface area contributed by atoms with Gasteiger partial charge in [0.15, 0.2) is 0 Å². The monoisotopic (exact) mass is 285 g/mol. The summed E-state index contributed by atoms with van der Waals surface area (Å²) in [7, 11) is 0. The Labute approximate surface area is 99.9 Å². The van der Waals surface area contributed by atoms with E-state index in [0.717, 1.165) is 9.35 Å². The zero-order chi connectivity index (χ0) is 10.8. The molecule has 78 valence electrons. The molecule has 0 fully saturated rings. The van der Waals surface area contributed by atoms with Gasteiger partial charge in [-0.3, -0.25) is 0 Å². The van der Waals surface area contributed by atoms with Crippen molar-refractivity contribution in [1.82, 2.24) is 0 Å². The quantitative estimate of drug-likeness (QED) is 0.895. The molecule has 0 aliphatic carbocycles. The van der Waals surface area contributed by atoms with Gasteiger partial charge in [-0.15, -0.1) is 11.3 Å². The van der Waals surface area contributed by atoms with Crippen LogP contribution in [-0.4, -0.2) is 0 Å². The van der Waals surface area contributed by atoms with Crippen molar-refractivity contribution in [3.05, 3.63) is 56.4 Å². The summed E-state index contributed by atoms with van der Waals surface area (Å²) < 4.78 is 14.4. The summed E-state index contributed by atoms with van der Waals surface area (Å²) >= 11 is 4.84. The van der Waals surface area contributed by atoms with Gasteiger partial charge >= 0.3 is 0 Å². The molecule has 2 N–H and O–H groups in total. The second-order valence-corrected chi connectivity index (χ2v) is 5.05. The number of benzene rings is 1. The molecule has 15 heavy (non-hydrogen) atoms. The van der Waals surface area contributed by atoms with Crippen molar-refractivity contribution < 1.29 is 4.39 Å². The van der Waals surface area contributed by atoms with E-state index in [2.05, 4.69) is 15.9 Å². The Morgan fingerprint density at radius 3 is 2.80 bits per heavy atom. The van der Waals surface area contributed by atoms with Crippen molar-refractivity contribution >= 4 is 27.3 Å². The van der Waals surface area contributed by atoms with Gasteiger partial charge in [-0.25, -0.2) is 4.39 Å². The predicted octanol–water partition coefficient (Wildman–Crippen LogP) is 3.70. The van der Waals surface area contributed by atoms with Crippen LogP contribution in [0.2, 0.25) is 0 Å². The first kappa shape index (κ1) is 10.8. The first-order valence-electron chi connectivity index (χ1n) is 4.42. The maximum absolute atomic E-state index is 13.5. The molecule has 0 spiro atoms. The van der Waals surface area contributed by atoms with Gasteiger partial charge in [0.25, 0.3) is 0 Å². The molecular formula is C11H9BrFNS. The fraction of sp³-hybridized carbons (Fsp3) is 0.0909. The van der Waals surface area contributed by atoms with Crippen molar-refractivity contribution in [3.8, 4) is 0 Å². The first-order chi connectivity index (χ1) is 7.18. The molecule has 0 unspecified atom stereocenters. The van der Waals surface area contributed by atoms with Gasteiger partial charge < -0.3 is 5.73 Å². The third-order valence-corrected chi connectivity index (χ3v) is 3.59. The van der Waals surface area contributed by atoms with Crippen molar-refractivity contribution in [3.63, 3.8) is 0 Å². The van der Waals surface area contributed by atoms with Crippen LogP contribution >= 0.6 is 27.3 Å². The number of thiophene rings is 1. The molecule has 1 aromatic carbocycles. The summed E-state index contributed by atoms with van der Waals surface area (Å²) in [4.78, 5) is 0.965. The highest BCUT2D eigenvalue weighted by Crippen LogP contribution is 2.27. The van der Waals surface area contributed by atoms with Crippen LogP contribution in [0.4, 0.5) is 4.39 Å². The van der Waals surface area contributed by atoms with Crippen molar-refractivity contribution in [1.29, 1.82) is 0 Å². The lowest BCUT2D eigenvalue weighted by molar-refractivity contribution is 0.600. The fourth-order valence-corrected chi connectivity index (χ4v) is 2.50. The molecule has 0 amide bonds. The third-order valence-electron chi connectivity index (χ3n) is 2.14. The summed E-state index contributed by atoms with van der Waals surface area (Å²) in [5, 5.41) is 1.94. The van der Waals surface area contributed by atoms with Crippen molar-refractivity contribution in [2.24, 2.45) is 5.73 Å². The van der Waals surface area contributed by atoms with Crippen molar-refractivity contribution in [2.45, 2.75) is 6.04 Å². The summed E-state index contributed by atoms with van der Waals surface area (Å²) in [6.07, 6.45) is 0. The van der Waals surface area contributed by atoms with Crippen LogP contribution in [0.5, 0.6) is 0 Å². The van der Waals surface area contributed by atoms with E-state index in [1.165, 1.54) is 17.4 Å². The molecule has 0 saturated heterocycles. The Balaban J connectivity index is 2.41. The van der Waals surface area contributed by atoms with Gasteiger partial charge in [-0.1, -0.05) is 22.0 Å². The Morgan fingerprint density at radius 1 is 1.33 bits per heavy atom. The van der Waals surface area contributed by atoms with Crippen LogP contribution in [-0.2, 0) is 0 Å². The third kappa shape index (κ3) is 2.27. The minimum Gasteiger partial charge on any atom is -0.320 e. The highest BCUT2D eigenvalue weighted by atomic mass is 79.9. The molecule has 0 saturated carbocycles. The predicted molar refractivity (Wildman–Crippen MR) is 64.4 cm³/mol. The molecule has 0 aliphatic heterocycles. The zero-order valence-electron chi connectivity index (χ0n) is 7.78. The second-order valence-electron chi connectivity index (χ2n) is 3.16. The average Bonchev–Trinajstić information content (AvgIpc) is 2.74. The van der Waals surface area contributed by atoms with Gasteiger partial charge in [-0.05, 0) is 29.6 Å². The first-order valence-corrected chi connectivity index (χ1v) is 6.09. The normalized spacial score (nSPS) is 12.7. The molecular weight excluding hydrogens is 277 g/mol. The minimum atomic E-state index is -0.387. The zero-order valence-corrected chi connectivity index (χ0v) is 10.2. The van der Waals surface area contributed by atoms with E-state index in [0.29, 0.717) is 5.56 Å². The Hall–Kier alpha value is -0.710. The SMILES string of the molecule is N[C@@H](c1cccs1)c1cc(Br)ccc1F. The Morgan fingerprint density at radius 2 is 2.13 bits per heavy atom. The van der Waals surface area contributed by atoms with E-state index in [1.54, 1.807) is 12.1 Å². The fourth-order valence-electron chi connectivity index (χ4n) is 1.37. The van der Waals surface area contributed by atoms with Crippen LogP contribution in [0, 0.1) is 5.82 Å².